The molecule has 0 spiro atoms. The van der Waals surface area contributed by atoms with Gasteiger partial charge in [0.15, 0.2) is 5.75 Å². The summed E-state index contributed by atoms with van der Waals surface area (Å²) < 4.78 is 0.347. The van der Waals surface area contributed by atoms with Crippen molar-refractivity contribution in [1.82, 2.24) is 19.8 Å². The van der Waals surface area contributed by atoms with Crippen molar-refractivity contribution in [2.24, 2.45) is 11.8 Å². The fourth-order valence-corrected chi connectivity index (χ4v) is 4.36. The summed E-state index contributed by atoms with van der Waals surface area (Å²) in [4.78, 5) is 50.9. The molecule has 3 rings (SSSR count). The minimum Gasteiger partial charge on any atom is -0.503 e. The summed E-state index contributed by atoms with van der Waals surface area (Å²) in [7, 11) is 1.72. The first-order valence-electron chi connectivity index (χ1n) is 10.0. The van der Waals surface area contributed by atoms with Crippen LogP contribution in [0.2, 0.25) is 0 Å². The van der Waals surface area contributed by atoms with Crippen LogP contribution in [-0.4, -0.2) is 91.7 Å². The lowest BCUT2D eigenvalue weighted by atomic mass is 9.77. The van der Waals surface area contributed by atoms with Gasteiger partial charge in [-0.15, -0.1) is 0 Å². The lowest BCUT2D eigenvalue weighted by molar-refractivity contribution is -0.163. The zero-order valence-electron chi connectivity index (χ0n) is 17.8. The Morgan fingerprint density at radius 3 is 2.56 bits per heavy atom. The van der Waals surface area contributed by atoms with Crippen molar-refractivity contribution < 1.29 is 34.9 Å². The average molecular weight is 450 g/mol. The van der Waals surface area contributed by atoms with Gasteiger partial charge in [-0.1, -0.05) is 6.92 Å². The highest BCUT2D eigenvalue weighted by atomic mass is 16.5. The first kappa shape index (κ1) is 23.3. The molecular weight excluding hydrogens is 424 g/mol. The van der Waals surface area contributed by atoms with Gasteiger partial charge < -0.3 is 35.6 Å². The van der Waals surface area contributed by atoms with Gasteiger partial charge in [-0.2, -0.15) is 4.73 Å². The van der Waals surface area contributed by atoms with Gasteiger partial charge in [-0.05, 0) is 19.5 Å². The highest BCUT2D eigenvalue weighted by Gasteiger charge is 2.59. The van der Waals surface area contributed by atoms with E-state index in [1.807, 2.05) is 6.92 Å². The molecule has 2 amide bonds. The van der Waals surface area contributed by atoms with Gasteiger partial charge in [0.25, 0.3) is 5.91 Å². The Hall–Kier alpha value is -3.38. The number of aromatic hydroxyl groups is 1. The smallest absolute Gasteiger partial charge is 0.352 e. The number of amides is 2. The van der Waals surface area contributed by atoms with Crippen molar-refractivity contribution >= 4 is 17.8 Å². The summed E-state index contributed by atoms with van der Waals surface area (Å²) in [6.07, 6.45) is -0.159. The van der Waals surface area contributed by atoms with Crippen molar-refractivity contribution in [2.45, 2.75) is 26.0 Å². The predicted octanol–water partition coefficient (Wildman–Crippen LogP) is -1.35. The number of carboxylic acid groups (broad SMARTS) is 1. The van der Waals surface area contributed by atoms with Crippen LogP contribution in [0.15, 0.2) is 28.3 Å². The van der Waals surface area contributed by atoms with E-state index in [1.165, 1.54) is 11.8 Å². The molecule has 1 aromatic heterocycles. The number of aromatic nitrogens is 1. The first-order valence-corrected chi connectivity index (χ1v) is 10.0. The molecule has 2 aliphatic rings. The molecule has 12 heteroatoms. The summed E-state index contributed by atoms with van der Waals surface area (Å²) in [5.41, 5.74) is -0.650. The summed E-state index contributed by atoms with van der Waals surface area (Å²) in [5, 5.41) is 41.0. The molecule has 2 aliphatic heterocycles. The molecule has 0 aliphatic carbocycles. The Balaban J connectivity index is 1.63. The van der Waals surface area contributed by atoms with E-state index < -0.39 is 47.0 Å². The number of pyridine rings is 1. The highest BCUT2D eigenvalue weighted by molar-refractivity contribution is 6.00. The van der Waals surface area contributed by atoms with E-state index in [0.29, 0.717) is 16.8 Å². The summed E-state index contributed by atoms with van der Waals surface area (Å²) in [5.74, 6) is -3.92. The zero-order valence-corrected chi connectivity index (χ0v) is 17.8. The second-order valence-corrected chi connectivity index (χ2v) is 8.18. The maximum atomic E-state index is 12.4. The zero-order chi connectivity index (χ0) is 23.9. The van der Waals surface area contributed by atoms with Gasteiger partial charge >= 0.3 is 5.97 Å². The molecule has 0 radical (unpaired) electrons. The number of carbonyl (C=O) groups excluding carboxylic acids is 2. The lowest BCUT2D eigenvalue weighted by Crippen LogP contribution is -2.63. The normalized spacial score (nSPS) is 23.2. The quantitative estimate of drug-likeness (QED) is 0.237. The summed E-state index contributed by atoms with van der Waals surface area (Å²) in [6, 6.07) is 0.408. The second kappa shape index (κ2) is 8.63. The van der Waals surface area contributed by atoms with E-state index in [1.54, 1.807) is 11.9 Å². The molecule has 1 unspecified atom stereocenters. The van der Waals surface area contributed by atoms with Crippen LogP contribution in [0, 0.1) is 11.8 Å². The minimum absolute atomic E-state index is 0.0614. The molecule has 1 saturated heterocycles. The van der Waals surface area contributed by atoms with Gasteiger partial charge in [0, 0.05) is 31.6 Å². The molecule has 0 aromatic carbocycles. The SMILES string of the molecule is C[C@H]1C(CN(C)CCNC(=O)c2cc(=O)c(O)cn2O)=C(C(=O)O)N2C(=O)[C@H]([C@@H](C)O)C12. The maximum absolute atomic E-state index is 12.4. The molecule has 1 fully saturated rings. The van der Waals surface area contributed by atoms with Crippen molar-refractivity contribution in [3.05, 3.63) is 39.5 Å². The Bertz CT molecular complexity index is 1050. The van der Waals surface area contributed by atoms with Crippen molar-refractivity contribution in [2.75, 3.05) is 26.7 Å². The third-order valence-corrected chi connectivity index (χ3v) is 5.98. The van der Waals surface area contributed by atoms with Crippen LogP contribution in [0.25, 0.3) is 0 Å². The number of hydrogen-bond donors (Lipinski definition) is 5. The average Bonchev–Trinajstić information content (AvgIpc) is 2.93. The van der Waals surface area contributed by atoms with Crippen LogP contribution in [0.3, 0.4) is 0 Å². The molecule has 174 valence electrons. The number of aliphatic hydroxyl groups excluding tert-OH is 1. The molecule has 12 nitrogen and oxygen atoms in total. The summed E-state index contributed by atoms with van der Waals surface area (Å²) in [6.45, 7) is 4.00. The standard InChI is InChI=1S/C20H26N4O8/c1-9-11(17(20(30)31)24-16(9)15(10(2)25)19(24)29)7-22(3)5-4-21-18(28)12-6-13(26)14(27)8-23(12)32/h6,8-10,15-16,25,27,32H,4-5,7H2,1-3H3,(H,21,28)(H,30,31)/t9-,10+,15+,16?/m0/s1. The van der Waals surface area contributed by atoms with E-state index >= 15 is 0 Å². The van der Waals surface area contributed by atoms with E-state index in [0.717, 1.165) is 12.3 Å². The van der Waals surface area contributed by atoms with Crippen LogP contribution < -0.4 is 10.7 Å². The number of nitrogens with one attached hydrogen (secondary N) is 1. The molecule has 1 aromatic rings. The number of rotatable bonds is 8. The Kier molecular flexibility index (Phi) is 6.28. The van der Waals surface area contributed by atoms with Crippen molar-refractivity contribution in [1.29, 1.82) is 0 Å². The van der Waals surface area contributed by atoms with E-state index in [4.69, 9.17) is 0 Å². The highest BCUT2D eigenvalue weighted by Crippen LogP contribution is 2.47. The van der Waals surface area contributed by atoms with Crippen LogP contribution >= 0.6 is 0 Å². The summed E-state index contributed by atoms with van der Waals surface area (Å²) >= 11 is 0. The minimum atomic E-state index is -1.21. The number of carboxylic acids is 1. The fraction of sp³-hybridized carbons (Fsp3) is 0.500. The van der Waals surface area contributed by atoms with Crippen molar-refractivity contribution in [3.8, 4) is 5.75 Å². The van der Waals surface area contributed by atoms with Gasteiger partial charge in [0.2, 0.25) is 11.3 Å². The van der Waals surface area contributed by atoms with Crippen LogP contribution in [0.5, 0.6) is 5.75 Å². The third-order valence-electron chi connectivity index (χ3n) is 5.98. The number of β-lactam (4-membered cyclic amide) rings is 1. The predicted molar refractivity (Wildman–Crippen MR) is 109 cm³/mol. The largest absolute Gasteiger partial charge is 0.503 e. The number of aliphatic carboxylic acids is 1. The molecular formula is C20H26N4O8. The number of fused-ring (bicyclic) bond motifs is 1. The Morgan fingerprint density at radius 1 is 1.31 bits per heavy atom. The van der Waals surface area contributed by atoms with Crippen molar-refractivity contribution in [3.63, 3.8) is 0 Å². The number of aliphatic hydroxyl groups is 1. The Morgan fingerprint density at radius 2 is 1.97 bits per heavy atom. The van der Waals surface area contributed by atoms with E-state index in [2.05, 4.69) is 5.32 Å². The van der Waals surface area contributed by atoms with E-state index in [-0.39, 0.29) is 30.4 Å². The topological polar surface area (TPSA) is 173 Å². The van der Waals surface area contributed by atoms with Gasteiger partial charge in [0.1, 0.15) is 11.4 Å². The first-order chi connectivity index (χ1) is 15.0. The monoisotopic (exact) mass is 450 g/mol. The molecule has 4 atom stereocenters. The maximum Gasteiger partial charge on any atom is 0.352 e. The molecule has 0 bridgehead atoms. The Labute approximate surface area is 182 Å². The molecule has 32 heavy (non-hydrogen) atoms. The van der Waals surface area contributed by atoms with Gasteiger partial charge in [-0.25, -0.2) is 4.79 Å². The number of nitrogens with zero attached hydrogens (tertiary/aromatic N) is 3. The fourth-order valence-electron chi connectivity index (χ4n) is 4.36. The van der Waals surface area contributed by atoms with E-state index in [9.17, 15) is 39.7 Å². The van der Waals surface area contributed by atoms with Crippen LogP contribution in [-0.2, 0) is 9.59 Å². The van der Waals surface area contributed by atoms with Gasteiger partial charge in [-0.3, -0.25) is 14.4 Å². The van der Waals surface area contributed by atoms with Crippen LogP contribution in [0.1, 0.15) is 24.3 Å². The van der Waals surface area contributed by atoms with Crippen LogP contribution in [0.4, 0.5) is 0 Å². The second-order valence-electron chi connectivity index (χ2n) is 8.18. The molecule has 3 heterocycles. The third kappa shape index (κ3) is 3.94. The lowest BCUT2D eigenvalue weighted by Gasteiger charge is -2.46. The number of carbonyl (C=O) groups is 3. The number of likely N-dealkylation sites (N-methyl/N-ethyl adjacent to an activating group) is 1. The molecule has 0 saturated carbocycles. The number of hydrogen-bond acceptors (Lipinski definition) is 8. The van der Waals surface area contributed by atoms with Gasteiger partial charge in [0.05, 0.1) is 24.3 Å². The molecule has 5 N–H and O–H groups in total.